The monoisotopic (exact) mass is 524 g/mol. The molecule has 162 valence electrons. The number of halogens is 1. The molecular weight excluding hydrogens is 487 g/mol. The molecule has 1 atom stereocenters. The Hall–Kier alpha value is -0.870. The van der Waals surface area contributed by atoms with Crippen molar-refractivity contribution in [3.63, 3.8) is 0 Å². The number of rotatable bonds is 11. The summed E-state index contributed by atoms with van der Waals surface area (Å²) in [5.74, 6) is 1.51. The van der Waals surface area contributed by atoms with E-state index in [0.717, 1.165) is 36.0 Å². The second-order valence-corrected chi connectivity index (χ2v) is 9.27. The summed E-state index contributed by atoms with van der Waals surface area (Å²) in [6, 6.07) is 7.92. The lowest BCUT2D eigenvalue weighted by Gasteiger charge is -2.18. The molecule has 0 saturated carbocycles. The first kappa shape index (κ1) is 27.1. The predicted octanol–water partition coefficient (Wildman–Crippen LogP) is 3.62. The van der Waals surface area contributed by atoms with Crippen molar-refractivity contribution >= 4 is 40.0 Å². The Labute approximate surface area is 188 Å². The number of hydrogen-bond donors (Lipinski definition) is 3. The van der Waals surface area contributed by atoms with Crippen molar-refractivity contribution in [1.29, 1.82) is 0 Å². The van der Waals surface area contributed by atoms with Crippen molar-refractivity contribution in [2.75, 3.05) is 13.6 Å². The third-order valence-corrected chi connectivity index (χ3v) is 5.56. The van der Waals surface area contributed by atoms with Gasteiger partial charge in [-0.05, 0) is 44.4 Å². The third-order valence-electron chi connectivity index (χ3n) is 4.22. The minimum Gasteiger partial charge on any atom is -0.357 e. The van der Waals surface area contributed by atoms with Crippen molar-refractivity contribution in [1.82, 2.24) is 15.4 Å². The van der Waals surface area contributed by atoms with Crippen molar-refractivity contribution in [2.24, 2.45) is 10.9 Å². The van der Waals surface area contributed by atoms with Crippen molar-refractivity contribution in [3.05, 3.63) is 35.4 Å². The first-order valence-corrected chi connectivity index (χ1v) is 11.4. The first-order valence-electron chi connectivity index (χ1n) is 9.79. The fraction of sp³-hybridized carbons (Fsp3) is 0.650. The van der Waals surface area contributed by atoms with Gasteiger partial charge in [0.2, 0.25) is 10.0 Å². The Kier molecular flexibility index (Phi) is 13.7. The fourth-order valence-electron chi connectivity index (χ4n) is 2.74. The minimum atomic E-state index is -3.27. The number of guanidine groups is 1. The van der Waals surface area contributed by atoms with Gasteiger partial charge < -0.3 is 10.6 Å². The van der Waals surface area contributed by atoms with Crippen LogP contribution in [0, 0.1) is 5.92 Å². The largest absolute Gasteiger partial charge is 0.357 e. The topological polar surface area (TPSA) is 82.6 Å². The Balaban J connectivity index is 0.00000729. The van der Waals surface area contributed by atoms with Crippen LogP contribution in [0.1, 0.15) is 58.1 Å². The lowest BCUT2D eigenvalue weighted by molar-refractivity contribution is 0.491. The van der Waals surface area contributed by atoms with E-state index >= 15 is 0 Å². The van der Waals surface area contributed by atoms with Gasteiger partial charge in [0.15, 0.2) is 5.96 Å². The summed E-state index contributed by atoms with van der Waals surface area (Å²) in [4.78, 5) is 4.65. The molecule has 0 fully saturated rings. The van der Waals surface area contributed by atoms with Gasteiger partial charge in [0.1, 0.15) is 0 Å². The lowest BCUT2D eigenvalue weighted by Crippen LogP contribution is -2.42. The van der Waals surface area contributed by atoms with Crippen LogP contribution < -0.4 is 15.4 Å². The molecule has 1 aromatic carbocycles. The average Bonchev–Trinajstić information content (AvgIpc) is 2.59. The molecule has 0 spiro atoms. The van der Waals surface area contributed by atoms with Crippen LogP contribution in [0.4, 0.5) is 0 Å². The highest BCUT2D eigenvalue weighted by Gasteiger charge is 2.09. The number of aliphatic imine (C=N–C) groups is 1. The van der Waals surface area contributed by atoms with Gasteiger partial charge in [-0.25, -0.2) is 18.1 Å². The highest BCUT2D eigenvalue weighted by atomic mass is 127. The van der Waals surface area contributed by atoms with E-state index in [-0.39, 0.29) is 29.7 Å². The molecule has 0 aliphatic rings. The van der Waals surface area contributed by atoms with E-state index in [1.54, 1.807) is 0 Å². The van der Waals surface area contributed by atoms with Crippen LogP contribution in [-0.2, 0) is 22.3 Å². The highest BCUT2D eigenvalue weighted by Crippen LogP contribution is 2.10. The maximum atomic E-state index is 11.7. The fourth-order valence-corrected chi connectivity index (χ4v) is 3.50. The van der Waals surface area contributed by atoms with Crippen molar-refractivity contribution < 1.29 is 8.42 Å². The summed E-state index contributed by atoms with van der Waals surface area (Å²) in [7, 11) is -1.84. The second-order valence-electron chi connectivity index (χ2n) is 7.35. The molecule has 1 unspecified atom stereocenters. The molecule has 8 heteroatoms. The van der Waals surface area contributed by atoms with Gasteiger partial charge in [-0.3, -0.25) is 0 Å². The van der Waals surface area contributed by atoms with E-state index in [0.29, 0.717) is 12.6 Å². The van der Waals surface area contributed by atoms with Crippen molar-refractivity contribution in [3.8, 4) is 0 Å². The predicted molar refractivity (Wildman–Crippen MR) is 130 cm³/mol. The quantitative estimate of drug-likeness (QED) is 0.235. The maximum Gasteiger partial charge on any atom is 0.215 e. The molecule has 0 heterocycles. The number of hydrogen-bond acceptors (Lipinski definition) is 3. The van der Waals surface area contributed by atoms with E-state index in [2.05, 4.69) is 41.1 Å². The van der Waals surface area contributed by atoms with Crippen LogP contribution in [0.15, 0.2) is 29.3 Å². The summed E-state index contributed by atoms with van der Waals surface area (Å²) >= 11 is 0. The van der Waals surface area contributed by atoms with Crippen LogP contribution in [-0.4, -0.2) is 34.0 Å². The number of sulfonamides is 1. The smallest absolute Gasteiger partial charge is 0.215 e. The van der Waals surface area contributed by atoms with Gasteiger partial charge >= 0.3 is 0 Å². The third kappa shape index (κ3) is 11.9. The molecule has 0 aliphatic heterocycles. The number of nitrogens with one attached hydrogen (secondary N) is 3. The zero-order valence-corrected chi connectivity index (χ0v) is 20.9. The van der Waals surface area contributed by atoms with Gasteiger partial charge in [-0.1, -0.05) is 51.0 Å². The van der Waals surface area contributed by atoms with Crippen LogP contribution in [0.5, 0.6) is 0 Å². The molecule has 6 nitrogen and oxygen atoms in total. The normalized spacial score (nSPS) is 13.1. The second kappa shape index (κ2) is 14.2. The van der Waals surface area contributed by atoms with Crippen LogP contribution in [0.3, 0.4) is 0 Å². The van der Waals surface area contributed by atoms with E-state index < -0.39 is 10.0 Å². The van der Waals surface area contributed by atoms with Crippen LogP contribution in [0.25, 0.3) is 0 Å². The first-order chi connectivity index (χ1) is 12.8. The number of benzene rings is 1. The zero-order chi connectivity index (χ0) is 20.3. The minimum absolute atomic E-state index is 0. The Bertz CT molecular complexity index is 693. The standard InChI is InChI=1S/C20H36N4O2S.HI/c1-6-22-20(24-17(4)10-7-9-16(2)3)23-14-18-11-8-12-19(13-18)15-27(25,26)21-5;/h8,11-13,16-17,21H,6-7,9-10,14-15H2,1-5H3,(H2,22,23,24);1H. The van der Waals surface area contributed by atoms with Crippen LogP contribution in [0.2, 0.25) is 0 Å². The van der Waals surface area contributed by atoms with Crippen LogP contribution >= 0.6 is 24.0 Å². The molecule has 0 radical (unpaired) electrons. The highest BCUT2D eigenvalue weighted by molar-refractivity contribution is 14.0. The molecule has 1 aromatic rings. The molecular formula is C20H37IN4O2S. The van der Waals surface area contributed by atoms with Gasteiger partial charge in [0.05, 0.1) is 12.3 Å². The molecule has 0 amide bonds. The average molecular weight is 525 g/mol. The van der Waals surface area contributed by atoms with Gasteiger partial charge in [-0.2, -0.15) is 0 Å². The van der Waals surface area contributed by atoms with Crippen molar-refractivity contribution in [2.45, 2.75) is 65.3 Å². The molecule has 1 rings (SSSR count). The molecule has 0 bridgehead atoms. The summed E-state index contributed by atoms with van der Waals surface area (Å²) in [5.41, 5.74) is 1.75. The van der Waals surface area contributed by atoms with E-state index in [1.165, 1.54) is 19.9 Å². The molecule has 28 heavy (non-hydrogen) atoms. The maximum absolute atomic E-state index is 11.7. The summed E-state index contributed by atoms with van der Waals surface area (Å²) in [5, 5.41) is 6.73. The van der Waals surface area contributed by atoms with Gasteiger partial charge in [0, 0.05) is 12.6 Å². The molecule has 0 aromatic heterocycles. The number of nitrogens with zero attached hydrogens (tertiary/aromatic N) is 1. The summed E-state index contributed by atoms with van der Waals surface area (Å²) in [6.45, 7) is 10.0. The summed E-state index contributed by atoms with van der Waals surface area (Å²) < 4.78 is 25.8. The Morgan fingerprint density at radius 1 is 1.14 bits per heavy atom. The lowest BCUT2D eigenvalue weighted by atomic mass is 10.0. The zero-order valence-electron chi connectivity index (χ0n) is 17.8. The Morgan fingerprint density at radius 2 is 1.82 bits per heavy atom. The summed E-state index contributed by atoms with van der Waals surface area (Å²) in [6.07, 6.45) is 3.55. The SMILES string of the molecule is CCNC(=NCc1cccc(CS(=O)(=O)NC)c1)NC(C)CCCC(C)C.I. The molecule has 3 N–H and O–H groups in total. The van der Waals surface area contributed by atoms with E-state index in [4.69, 9.17) is 0 Å². The van der Waals surface area contributed by atoms with E-state index in [9.17, 15) is 8.42 Å². The Morgan fingerprint density at radius 3 is 2.43 bits per heavy atom. The molecule has 0 saturated heterocycles. The molecule has 0 aliphatic carbocycles. The van der Waals surface area contributed by atoms with Gasteiger partial charge in [0.25, 0.3) is 0 Å². The van der Waals surface area contributed by atoms with Gasteiger partial charge in [-0.15, -0.1) is 24.0 Å². The van der Waals surface area contributed by atoms with E-state index in [1.807, 2.05) is 31.2 Å².